The third-order valence-electron chi connectivity index (χ3n) is 2.87. The number of hydrogen-bond donors (Lipinski definition) is 1. The summed E-state index contributed by atoms with van der Waals surface area (Å²) in [5.41, 5.74) is 0.760. The molecule has 84 valence electrons. The maximum absolute atomic E-state index is 10.7. The van der Waals surface area contributed by atoms with E-state index in [-0.39, 0.29) is 5.41 Å². The van der Waals surface area contributed by atoms with Gasteiger partial charge in [0.05, 0.1) is 5.60 Å². The van der Waals surface area contributed by atoms with E-state index in [0.717, 1.165) is 23.5 Å². The molecule has 1 fully saturated rings. The van der Waals surface area contributed by atoms with Gasteiger partial charge in [0.1, 0.15) is 0 Å². The molecule has 1 aromatic rings. The molecule has 1 aliphatic rings. The van der Waals surface area contributed by atoms with E-state index in [1.165, 1.54) is 4.88 Å². The summed E-state index contributed by atoms with van der Waals surface area (Å²) in [6, 6.07) is 2.13. The molecule has 1 nitrogen and oxygen atoms in total. The van der Waals surface area contributed by atoms with Crippen LogP contribution in [0.4, 0.5) is 0 Å². The van der Waals surface area contributed by atoms with Crippen molar-refractivity contribution in [2.75, 3.05) is 11.5 Å². The van der Waals surface area contributed by atoms with E-state index >= 15 is 0 Å². The van der Waals surface area contributed by atoms with E-state index in [4.69, 9.17) is 0 Å². The Bertz CT molecular complexity index is 356. The predicted octanol–water partition coefficient (Wildman–Crippen LogP) is 3.41. The van der Waals surface area contributed by atoms with Crippen LogP contribution in [0.25, 0.3) is 0 Å². The molecule has 0 spiro atoms. The first kappa shape index (κ1) is 11.5. The van der Waals surface area contributed by atoms with E-state index in [9.17, 15) is 5.11 Å². The molecule has 1 atom stereocenters. The quantitative estimate of drug-likeness (QED) is 0.814. The van der Waals surface area contributed by atoms with Gasteiger partial charge in [-0.2, -0.15) is 11.8 Å². The molecule has 0 aliphatic carbocycles. The molecule has 1 N–H and O–H groups in total. The summed E-state index contributed by atoms with van der Waals surface area (Å²) < 4.78 is 0. The first-order chi connectivity index (χ1) is 6.91. The lowest BCUT2D eigenvalue weighted by Crippen LogP contribution is -2.39. The Balaban J connectivity index is 2.26. The van der Waals surface area contributed by atoms with E-state index in [1.54, 1.807) is 11.3 Å². The van der Waals surface area contributed by atoms with E-state index < -0.39 is 5.60 Å². The normalized spacial score (nSPS) is 30.4. The molecule has 1 aliphatic heterocycles. The van der Waals surface area contributed by atoms with Gasteiger partial charge < -0.3 is 5.11 Å². The van der Waals surface area contributed by atoms with Crippen LogP contribution in [0, 0.1) is 12.3 Å². The Labute approximate surface area is 99.9 Å². The zero-order valence-electron chi connectivity index (χ0n) is 9.54. The van der Waals surface area contributed by atoms with Gasteiger partial charge in [0.15, 0.2) is 0 Å². The Morgan fingerprint density at radius 2 is 2.07 bits per heavy atom. The van der Waals surface area contributed by atoms with Crippen molar-refractivity contribution in [3.05, 3.63) is 21.9 Å². The monoisotopic (exact) mass is 242 g/mol. The van der Waals surface area contributed by atoms with Crippen LogP contribution < -0.4 is 0 Å². The molecule has 0 radical (unpaired) electrons. The van der Waals surface area contributed by atoms with Crippen LogP contribution in [-0.4, -0.2) is 16.6 Å². The van der Waals surface area contributed by atoms with Gasteiger partial charge in [0.2, 0.25) is 0 Å². The summed E-state index contributed by atoms with van der Waals surface area (Å²) >= 11 is 3.60. The van der Waals surface area contributed by atoms with Gasteiger partial charge in [0, 0.05) is 10.6 Å². The highest BCUT2D eigenvalue weighted by Crippen LogP contribution is 2.45. The zero-order valence-corrected chi connectivity index (χ0v) is 11.2. The molecule has 0 bridgehead atoms. The van der Waals surface area contributed by atoms with E-state index in [0.29, 0.717) is 0 Å². The number of aryl methyl sites for hydroxylation is 1. The third-order valence-corrected chi connectivity index (χ3v) is 5.40. The van der Waals surface area contributed by atoms with Crippen molar-refractivity contribution in [2.24, 2.45) is 5.41 Å². The Morgan fingerprint density at radius 1 is 1.33 bits per heavy atom. The van der Waals surface area contributed by atoms with Crippen molar-refractivity contribution < 1.29 is 5.11 Å². The molecule has 3 heteroatoms. The van der Waals surface area contributed by atoms with Crippen LogP contribution in [0.5, 0.6) is 0 Å². The van der Waals surface area contributed by atoms with Crippen molar-refractivity contribution >= 4 is 23.1 Å². The summed E-state index contributed by atoms with van der Waals surface area (Å²) in [5.74, 6) is 1.99. The summed E-state index contributed by atoms with van der Waals surface area (Å²) in [6.45, 7) is 6.57. The molecule has 2 heterocycles. The second kappa shape index (κ2) is 3.79. The minimum Gasteiger partial charge on any atom is -0.384 e. The summed E-state index contributed by atoms with van der Waals surface area (Å²) in [7, 11) is 0. The highest BCUT2D eigenvalue weighted by atomic mass is 32.2. The van der Waals surface area contributed by atoms with Gasteiger partial charge in [-0.05, 0) is 41.5 Å². The minimum absolute atomic E-state index is 0.244. The maximum Gasteiger partial charge on any atom is 0.1000 e. The molecule has 0 amide bonds. The number of thioether (sulfide) groups is 1. The highest BCUT2D eigenvalue weighted by Gasteiger charge is 2.40. The van der Waals surface area contributed by atoms with Crippen LogP contribution in [-0.2, 0) is 5.60 Å². The fourth-order valence-electron chi connectivity index (χ4n) is 2.26. The van der Waals surface area contributed by atoms with Crippen molar-refractivity contribution in [2.45, 2.75) is 32.8 Å². The largest absolute Gasteiger partial charge is 0.384 e. The second-order valence-corrected chi connectivity index (χ2v) is 7.41. The lowest BCUT2D eigenvalue weighted by molar-refractivity contribution is 0.0160. The molecule has 0 aromatic carbocycles. The van der Waals surface area contributed by atoms with Crippen LogP contribution in [0.15, 0.2) is 11.4 Å². The lowest BCUT2D eigenvalue weighted by atomic mass is 9.79. The molecular formula is C12H18OS2. The smallest absolute Gasteiger partial charge is 0.1000 e. The number of rotatable bonds is 1. The van der Waals surface area contributed by atoms with Crippen molar-refractivity contribution in [3.63, 3.8) is 0 Å². The highest BCUT2D eigenvalue weighted by molar-refractivity contribution is 7.99. The first-order valence-corrected chi connectivity index (χ1v) is 7.31. The van der Waals surface area contributed by atoms with Gasteiger partial charge in [0.25, 0.3) is 0 Å². The SMILES string of the molecule is Cc1cc(C2(O)CSCC(C)(C)C2)cs1. The second-order valence-electron chi connectivity index (χ2n) is 5.31. The van der Waals surface area contributed by atoms with Crippen molar-refractivity contribution in [1.82, 2.24) is 0 Å². The standard InChI is InChI=1S/C12H18OS2/c1-9-4-10(5-15-9)12(13)6-11(2,3)7-14-8-12/h4-5,13H,6-8H2,1-3H3. The number of thiophene rings is 1. The Hall–Kier alpha value is 0.01000. The molecule has 15 heavy (non-hydrogen) atoms. The van der Waals surface area contributed by atoms with Gasteiger partial charge in [-0.1, -0.05) is 13.8 Å². The third kappa shape index (κ3) is 2.40. The van der Waals surface area contributed by atoms with Gasteiger partial charge >= 0.3 is 0 Å². The Morgan fingerprint density at radius 3 is 2.60 bits per heavy atom. The summed E-state index contributed by atoms with van der Waals surface area (Å²) in [5, 5.41) is 12.8. The fourth-order valence-corrected chi connectivity index (χ4v) is 4.42. The average molecular weight is 242 g/mol. The topological polar surface area (TPSA) is 20.2 Å². The minimum atomic E-state index is -0.600. The van der Waals surface area contributed by atoms with Crippen molar-refractivity contribution in [3.8, 4) is 0 Å². The molecule has 1 unspecified atom stereocenters. The van der Waals surface area contributed by atoms with Gasteiger partial charge in [-0.3, -0.25) is 0 Å². The molecule has 1 saturated heterocycles. The first-order valence-electron chi connectivity index (χ1n) is 5.27. The Kier molecular flexibility index (Phi) is 2.91. The maximum atomic E-state index is 10.7. The van der Waals surface area contributed by atoms with Crippen LogP contribution in [0.2, 0.25) is 0 Å². The van der Waals surface area contributed by atoms with Gasteiger partial charge in [-0.15, -0.1) is 11.3 Å². The molecule has 0 saturated carbocycles. The average Bonchev–Trinajstić information content (AvgIpc) is 2.49. The summed E-state index contributed by atoms with van der Waals surface area (Å²) in [6.07, 6.45) is 0.878. The zero-order chi connectivity index (χ0) is 11.1. The number of aliphatic hydroxyl groups is 1. The molecule has 2 rings (SSSR count). The summed E-state index contributed by atoms with van der Waals surface area (Å²) in [4.78, 5) is 1.28. The van der Waals surface area contributed by atoms with E-state index in [1.807, 2.05) is 11.8 Å². The van der Waals surface area contributed by atoms with Crippen molar-refractivity contribution in [1.29, 1.82) is 0 Å². The van der Waals surface area contributed by atoms with Crippen LogP contribution in [0.3, 0.4) is 0 Å². The van der Waals surface area contributed by atoms with Gasteiger partial charge in [-0.25, -0.2) is 0 Å². The molecule has 1 aromatic heterocycles. The predicted molar refractivity (Wildman–Crippen MR) is 68.7 cm³/mol. The lowest BCUT2D eigenvalue weighted by Gasteiger charge is -2.40. The van der Waals surface area contributed by atoms with E-state index in [2.05, 4.69) is 32.2 Å². The molecular weight excluding hydrogens is 224 g/mol. The number of hydrogen-bond acceptors (Lipinski definition) is 3. The van der Waals surface area contributed by atoms with Crippen LogP contribution in [0.1, 0.15) is 30.7 Å². The van der Waals surface area contributed by atoms with Crippen LogP contribution >= 0.6 is 23.1 Å². The fraction of sp³-hybridized carbons (Fsp3) is 0.667.